The molecule has 3 heteroatoms. The third kappa shape index (κ3) is 6.07. The van der Waals surface area contributed by atoms with Crippen LogP contribution in [0.25, 0.3) is 0 Å². The standard InChI is InChI=1S/C19H33N3/c1-19(2,3)20-12-15-21(4)18-10-13-22(14-11-18)16-17-8-6-5-7-9-17/h5-9,18,20H,10-16H2,1-4H3. The van der Waals surface area contributed by atoms with Gasteiger partial charge in [-0.1, -0.05) is 30.3 Å². The van der Waals surface area contributed by atoms with Crippen molar-refractivity contribution in [2.75, 3.05) is 33.2 Å². The lowest BCUT2D eigenvalue weighted by atomic mass is 10.0. The number of nitrogens with zero attached hydrogens (tertiary/aromatic N) is 2. The van der Waals surface area contributed by atoms with Crippen LogP contribution in [0.15, 0.2) is 30.3 Å². The van der Waals surface area contributed by atoms with E-state index >= 15 is 0 Å². The van der Waals surface area contributed by atoms with Crippen LogP contribution in [-0.4, -0.2) is 54.6 Å². The zero-order chi connectivity index (χ0) is 16.0. The van der Waals surface area contributed by atoms with E-state index in [9.17, 15) is 0 Å². The van der Waals surface area contributed by atoms with E-state index in [2.05, 4.69) is 73.3 Å². The average Bonchev–Trinajstić information content (AvgIpc) is 2.47. The first-order valence-electron chi connectivity index (χ1n) is 8.65. The minimum atomic E-state index is 0.222. The molecule has 1 fully saturated rings. The van der Waals surface area contributed by atoms with Crippen molar-refractivity contribution in [1.82, 2.24) is 15.1 Å². The fourth-order valence-corrected chi connectivity index (χ4v) is 3.15. The van der Waals surface area contributed by atoms with Gasteiger partial charge in [-0.05, 0) is 59.3 Å². The molecule has 0 aromatic heterocycles. The number of nitrogens with one attached hydrogen (secondary N) is 1. The number of likely N-dealkylation sites (tertiary alicyclic amines) is 1. The number of rotatable bonds is 6. The molecule has 1 N–H and O–H groups in total. The molecule has 0 atom stereocenters. The molecule has 22 heavy (non-hydrogen) atoms. The second-order valence-corrected chi connectivity index (χ2v) is 7.65. The molecule has 1 aliphatic heterocycles. The lowest BCUT2D eigenvalue weighted by Crippen LogP contribution is -2.46. The number of hydrogen-bond acceptors (Lipinski definition) is 3. The highest BCUT2D eigenvalue weighted by Gasteiger charge is 2.22. The van der Waals surface area contributed by atoms with E-state index in [1.165, 1.54) is 31.5 Å². The summed E-state index contributed by atoms with van der Waals surface area (Å²) < 4.78 is 0. The Kier molecular flexibility index (Phi) is 6.42. The number of hydrogen-bond donors (Lipinski definition) is 1. The summed E-state index contributed by atoms with van der Waals surface area (Å²) in [5.74, 6) is 0. The molecule has 1 aromatic carbocycles. The van der Waals surface area contributed by atoms with Crippen LogP contribution >= 0.6 is 0 Å². The van der Waals surface area contributed by atoms with Gasteiger partial charge in [0.2, 0.25) is 0 Å². The Morgan fingerprint density at radius 2 is 1.77 bits per heavy atom. The van der Waals surface area contributed by atoms with Crippen LogP contribution in [0, 0.1) is 0 Å². The molecule has 0 amide bonds. The first-order valence-corrected chi connectivity index (χ1v) is 8.65. The lowest BCUT2D eigenvalue weighted by Gasteiger charge is -2.37. The molecule has 2 rings (SSSR count). The van der Waals surface area contributed by atoms with Crippen molar-refractivity contribution in [2.45, 2.75) is 51.7 Å². The van der Waals surface area contributed by atoms with Gasteiger partial charge < -0.3 is 10.2 Å². The van der Waals surface area contributed by atoms with Gasteiger partial charge in [0.25, 0.3) is 0 Å². The van der Waals surface area contributed by atoms with E-state index in [1.54, 1.807) is 0 Å². The highest BCUT2D eigenvalue weighted by atomic mass is 15.2. The third-order valence-electron chi connectivity index (χ3n) is 4.55. The first kappa shape index (κ1) is 17.5. The maximum Gasteiger partial charge on any atom is 0.0233 e. The summed E-state index contributed by atoms with van der Waals surface area (Å²) in [6, 6.07) is 11.6. The zero-order valence-corrected chi connectivity index (χ0v) is 14.8. The molecular formula is C19H33N3. The van der Waals surface area contributed by atoms with E-state index in [0.717, 1.165) is 25.7 Å². The van der Waals surface area contributed by atoms with Crippen molar-refractivity contribution in [1.29, 1.82) is 0 Å². The molecule has 124 valence electrons. The predicted octanol–water partition coefficient (Wildman–Crippen LogP) is 2.97. The van der Waals surface area contributed by atoms with Gasteiger partial charge in [-0.3, -0.25) is 4.90 Å². The monoisotopic (exact) mass is 303 g/mol. The van der Waals surface area contributed by atoms with E-state index in [0.29, 0.717) is 0 Å². The van der Waals surface area contributed by atoms with Crippen molar-refractivity contribution >= 4 is 0 Å². The van der Waals surface area contributed by atoms with Crippen molar-refractivity contribution in [2.24, 2.45) is 0 Å². The van der Waals surface area contributed by atoms with Crippen LogP contribution in [0.2, 0.25) is 0 Å². The summed E-state index contributed by atoms with van der Waals surface area (Å²) in [5.41, 5.74) is 1.66. The van der Waals surface area contributed by atoms with Gasteiger partial charge in [-0.15, -0.1) is 0 Å². The van der Waals surface area contributed by atoms with Crippen molar-refractivity contribution in [3.63, 3.8) is 0 Å². The highest BCUT2D eigenvalue weighted by Crippen LogP contribution is 2.17. The predicted molar refractivity (Wildman–Crippen MR) is 95.1 cm³/mol. The molecule has 0 unspecified atom stereocenters. The molecule has 1 aromatic rings. The highest BCUT2D eigenvalue weighted by molar-refractivity contribution is 5.14. The van der Waals surface area contributed by atoms with Gasteiger partial charge in [0.15, 0.2) is 0 Å². The van der Waals surface area contributed by atoms with Crippen LogP contribution in [-0.2, 0) is 6.54 Å². The van der Waals surface area contributed by atoms with Gasteiger partial charge in [-0.25, -0.2) is 0 Å². The smallest absolute Gasteiger partial charge is 0.0233 e. The molecule has 0 bridgehead atoms. The molecule has 1 heterocycles. The Morgan fingerprint density at radius 1 is 1.14 bits per heavy atom. The van der Waals surface area contributed by atoms with E-state index in [-0.39, 0.29) is 5.54 Å². The van der Waals surface area contributed by atoms with E-state index < -0.39 is 0 Å². The summed E-state index contributed by atoms with van der Waals surface area (Å²) >= 11 is 0. The van der Waals surface area contributed by atoms with Crippen LogP contribution in [0.1, 0.15) is 39.2 Å². The second-order valence-electron chi connectivity index (χ2n) is 7.65. The summed E-state index contributed by atoms with van der Waals surface area (Å²) in [6.07, 6.45) is 2.58. The van der Waals surface area contributed by atoms with Crippen LogP contribution in [0.5, 0.6) is 0 Å². The Balaban J connectivity index is 1.68. The van der Waals surface area contributed by atoms with Gasteiger partial charge in [-0.2, -0.15) is 0 Å². The van der Waals surface area contributed by atoms with Crippen molar-refractivity contribution in [3.05, 3.63) is 35.9 Å². The maximum atomic E-state index is 3.58. The maximum absolute atomic E-state index is 3.58. The quantitative estimate of drug-likeness (QED) is 0.871. The fraction of sp³-hybridized carbons (Fsp3) is 0.684. The van der Waals surface area contributed by atoms with Gasteiger partial charge in [0.1, 0.15) is 0 Å². The minimum Gasteiger partial charge on any atom is -0.311 e. The van der Waals surface area contributed by atoms with Crippen LogP contribution < -0.4 is 5.32 Å². The Labute approximate surface area is 136 Å². The summed E-state index contributed by atoms with van der Waals surface area (Å²) in [7, 11) is 2.28. The summed E-state index contributed by atoms with van der Waals surface area (Å²) in [6.45, 7) is 12.4. The molecule has 1 saturated heterocycles. The normalized spacial score (nSPS) is 18.0. The molecule has 0 spiro atoms. The van der Waals surface area contributed by atoms with Gasteiger partial charge in [0, 0.05) is 31.2 Å². The lowest BCUT2D eigenvalue weighted by molar-refractivity contribution is 0.122. The molecule has 0 saturated carbocycles. The van der Waals surface area contributed by atoms with Crippen molar-refractivity contribution in [3.8, 4) is 0 Å². The van der Waals surface area contributed by atoms with Crippen LogP contribution in [0.4, 0.5) is 0 Å². The topological polar surface area (TPSA) is 18.5 Å². The minimum absolute atomic E-state index is 0.222. The molecule has 3 nitrogen and oxygen atoms in total. The third-order valence-corrected chi connectivity index (χ3v) is 4.55. The Morgan fingerprint density at radius 3 is 2.36 bits per heavy atom. The molecule has 0 radical (unpaired) electrons. The van der Waals surface area contributed by atoms with Gasteiger partial charge in [0.05, 0.1) is 0 Å². The SMILES string of the molecule is CN(CCNC(C)(C)C)C1CCN(Cc2ccccc2)CC1. The molecule has 0 aliphatic carbocycles. The number of likely N-dealkylation sites (N-methyl/N-ethyl adjacent to an activating group) is 1. The Hall–Kier alpha value is -0.900. The largest absolute Gasteiger partial charge is 0.311 e. The summed E-state index contributed by atoms with van der Waals surface area (Å²) in [5, 5.41) is 3.58. The zero-order valence-electron chi connectivity index (χ0n) is 14.8. The second kappa shape index (κ2) is 8.09. The first-order chi connectivity index (χ1) is 10.4. The van der Waals surface area contributed by atoms with Crippen LogP contribution in [0.3, 0.4) is 0 Å². The Bertz CT molecular complexity index is 416. The molecule has 1 aliphatic rings. The average molecular weight is 303 g/mol. The van der Waals surface area contributed by atoms with E-state index in [4.69, 9.17) is 0 Å². The van der Waals surface area contributed by atoms with E-state index in [1.807, 2.05) is 0 Å². The van der Waals surface area contributed by atoms with Crippen molar-refractivity contribution < 1.29 is 0 Å². The number of piperidine rings is 1. The summed E-state index contributed by atoms with van der Waals surface area (Å²) in [4.78, 5) is 5.13. The fourth-order valence-electron chi connectivity index (χ4n) is 3.15. The number of benzene rings is 1. The van der Waals surface area contributed by atoms with Gasteiger partial charge >= 0.3 is 0 Å². The molecular weight excluding hydrogens is 270 g/mol.